The monoisotopic (exact) mass is 595 g/mol. The van der Waals surface area contributed by atoms with Crippen LogP contribution in [0.2, 0.25) is 5.02 Å². The first kappa shape index (κ1) is 29.1. The first-order valence-corrected chi connectivity index (χ1v) is 13.6. The van der Waals surface area contributed by atoms with Gasteiger partial charge in [0.25, 0.3) is 5.91 Å². The second-order valence-electron chi connectivity index (χ2n) is 11.3. The first-order valence-electron chi connectivity index (χ1n) is 13.2. The van der Waals surface area contributed by atoms with E-state index >= 15 is 0 Å². The molecule has 2 aromatic heterocycles. The third-order valence-corrected chi connectivity index (χ3v) is 7.17. The summed E-state index contributed by atoms with van der Waals surface area (Å²) < 4.78 is 52.9. The van der Waals surface area contributed by atoms with Gasteiger partial charge in [0.15, 0.2) is 0 Å². The van der Waals surface area contributed by atoms with Crippen molar-refractivity contribution < 1.29 is 36.7 Å². The number of piperidine rings is 1. The van der Waals surface area contributed by atoms with Crippen LogP contribution >= 0.6 is 11.6 Å². The SMILES string of the molecule is CC(C)(C)OC(=O)N1C[C@@H](NC(=O)c2cnc3cc(Cl)ccc3c2)CC[C@@H]1c1nnc([C@H]2C[C@@H](OC(F)(F)F)C2)o1. The van der Waals surface area contributed by atoms with E-state index in [0.717, 1.165) is 5.39 Å². The van der Waals surface area contributed by atoms with Gasteiger partial charge < -0.3 is 14.5 Å². The molecule has 220 valence electrons. The van der Waals surface area contributed by atoms with E-state index in [1.165, 1.54) is 11.1 Å². The molecule has 1 aliphatic carbocycles. The molecule has 1 saturated heterocycles. The van der Waals surface area contributed by atoms with Crippen LogP contribution in [0.15, 0.2) is 34.9 Å². The maximum Gasteiger partial charge on any atom is 0.522 e. The molecule has 1 N–H and O–H groups in total. The summed E-state index contributed by atoms with van der Waals surface area (Å²) >= 11 is 6.02. The fourth-order valence-corrected chi connectivity index (χ4v) is 5.12. The minimum Gasteiger partial charge on any atom is -0.444 e. The number of nitrogens with zero attached hydrogens (tertiary/aromatic N) is 4. The van der Waals surface area contributed by atoms with Gasteiger partial charge in [0, 0.05) is 35.1 Å². The van der Waals surface area contributed by atoms with Crippen LogP contribution in [0.25, 0.3) is 10.9 Å². The summed E-state index contributed by atoms with van der Waals surface area (Å²) in [5.41, 5.74) is 0.243. The number of carbonyl (C=O) groups excluding carboxylic acids is 2. The van der Waals surface area contributed by atoms with Crippen molar-refractivity contribution in [2.45, 2.75) is 82.5 Å². The number of alkyl halides is 3. The third kappa shape index (κ3) is 7.07. The van der Waals surface area contributed by atoms with Crippen LogP contribution in [0.3, 0.4) is 0 Å². The standard InChI is InChI=1S/C27H29ClF3N5O5/c1-26(2,3)41-25(38)36-13-18(33-22(37)16-8-14-4-5-17(28)11-20(14)32-12-16)6-7-21(36)24-35-34-23(39-24)15-9-19(10-15)40-27(29,30)31/h4-5,8,11-12,15,18-19,21H,6-7,9-10,13H2,1-3H3,(H,33,37)/t15-,18-,19+,21+/m0/s1. The summed E-state index contributed by atoms with van der Waals surface area (Å²) in [5, 5.41) is 12.4. The van der Waals surface area contributed by atoms with Crippen LogP contribution in [-0.2, 0) is 9.47 Å². The molecule has 0 radical (unpaired) electrons. The molecular formula is C27H29ClF3N5O5. The fraction of sp³-hybridized carbons (Fsp3) is 0.519. The van der Waals surface area contributed by atoms with Gasteiger partial charge in [-0.2, -0.15) is 0 Å². The number of aromatic nitrogens is 3. The molecule has 10 nitrogen and oxygen atoms in total. The van der Waals surface area contributed by atoms with Crippen LogP contribution in [-0.4, -0.2) is 62.7 Å². The van der Waals surface area contributed by atoms with Crippen molar-refractivity contribution in [1.82, 2.24) is 25.4 Å². The largest absolute Gasteiger partial charge is 0.522 e. The van der Waals surface area contributed by atoms with Gasteiger partial charge >= 0.3 is 12.5 Å². The topological polar surface area (TPSA) is 120 Å². The van der Waals surface area contributed by atoms with Crippen LogP contribution < -0.4 is 5.32 Å². The van der Waals surface area contributed by atoms with Gasteiger partial charge in [-0.25, -0.2) is 4.79 Å². The molecule has 41 heavy (non-hydrogen) atoms. The Labute approximate surface area is 238 Å². The predicted octanol–water partition coefficient (Wildman–Crippen LogP) is 5.92. The number of hydrogen-bond donors (Lipinski definition) is 1. The quantitative estimate of drug-likeness (QED) is 0.386. The van der Waals surface area contributed by atoms with E-state index in [2.05, 4.69) is 25.2 Å². The minimum absolute atomic E-state index is 0.104. The Morgan fingerprint density at radius 3 is 2.54 bits per heavy atom. The number of rotatable bonds is 5. The van der Waals surface area contributed by atoms with Crippen LogP contribution in [0.5, 0.6) is 0 Å². The van der Waals surface area contributed by atoms with Crippen molar-refractivity contribution in [1.29, 1.82) is 0 Å². The van der Waals surface area contributed by atoms with Gasteiger partial charge in [-0.1, -0.05) is 17.7 Å². The van der Waals surface area contributed by atoms with E-state index in [1.807, 2.05) is 0 Å². The molecule has 2 atom stereocenters. The molecule has 0 spiro atoms. The highest BCUT2D eigenvalue weighted by Gasteiger charge is 2.44. The highest BCUT2D eigenvalue weighted by Crippen LogP contribution is 2.42. The van der Waals surface area contributed by atoms with Gasteiger partial charge in [0.2, 0.25) is 11.8 Å². The lowest BCUT2D eigenvalue weighted by Gasteiger charge is -2.38. The molecule has 2 fully saturated rings. The highest BCUT2D eigenvalue weighted by atomic mass is 35.5. The lowest BCUT2D eigenvalue weighted by Crippen LogP contribution is -2.52. The number of fused-ring (bicyclic) bond motifs is 1. The zero-order chi connectivity index (χ0) is 29.5. The number of halogens is 4. The number of nitrogens with one attached hydrogen (secondary N) is 1. The Bertz CT molecular complexity index is 1440. The lowest BCUT2D eigenvalue weighted by molar-refractivity contribution is -0.352. The summed E-state index contributed by atoms with van der Waals surface area (Å²) in [6.07, 6.45) is -3.72. The smallest absolute Gasteiger partial charge is 0.444 e. The Kier molecular flexibility index (Phi) is 7.86. The molecule has 3 heterocycles. The number of carbonyl (C=O) groups is 2. The van der Waals surface area contributed by atoms with Crippen molar-refractivity contribution in [3.05, 3.63) is 52.8 Å². The molecule has 1 saturated carbocycles. The normalized spacial score (nSPS) is 23.2. The van der Waals surface area contributed by atoms with Gasteiger partial charge in [-0.05, 0) is 64.7 Å². The van der Waals surface area contributed by atoms with E-state index in [0.29, 0.717) is 28.9 Å². The lowest BCUT2D eigenvalue weighted by atomic mass is 9.82. The Morgan fingerprint density at radius 1 is 1.10 bits per heavy atom. The van der Waals surface area contributed by atoms with Crippen molar-refractivity contribution in [3.8, 4) is 0 Å². The molecule has 2 amide bonds. The fourth-order valence-electron chi connectivity index (χ4n) is 4.95. The summed E-state index contributed by atoms with van der Waals surface area (Å²) in [4.78, 5) is 32.1. The molecular weight excluding hydrogens is 567 g/mol. The Morgan fingerprint density at radius 2 is 1.83 bits per heavy atom. The molecule has 0 unspecified atom stereocenters. The molecule has 3 aromatic rings. The molecule has 1 aliphatic heterocycles. The van der Waals surface area contributed by atoms with Crippen LogP contribution in [0.4, 0.5) is 18.0 Å². The van der Waals surface area contributed by atoms with Crippen LogP contribution in [0.1, 0.15) is 80.6 Å². The number of likely N-dealkylation sites (tertiary alicyclic amines) is 1. The third-order valence-electron chi connectivity index (χ3n) is 6.94. The van der Waals surface area contributed by atoms with Gasteiger partial charge in [-0.3, -0.25) is 19.4 Å². The highest BCUT2D eigenvalue weighted by molar-refractivity contribution is 6.31. The average Bonchev–Trinajstić information content (AvgIpc) is 3.33. The summed E-state index contributed by atoms with van der Waals surface area (Å²) in [6.45, 7) is 5.34. The Balaban J connectivity index is 1.28. The van der Waals surface area contributed by atoms with Gasteiger partial charge in [0.05, 0.1) is 17.2 Å². The molecule has 0 bridgehead atoms. The molecule has 1 aromatic carbocycles. The van der Waals surface area contributed by atoms with E-state index < -0.39 is 36.2 Å². The zero-order valence-electron chi connectivity index (χ0n) is 22.6. The van der Waals surface area contributed by atoms with Gasteiger partial charge in [0.1, 0.15) is 11.6 Å². The van der Waals surface area contributed by atoms with Crippen molar-refractivity contribution in [2.24, 2.45) is 0 Å². The van der Waals surface area contributed by atoms with E-state index in [9.17, 15) is 22.8 Å². The number of amides is 2. The maximum atomic E-state index is 13.2. The van der Waals surface area contributed by atoms with Crippen molar-refractivity contribution >= 4 is 34.5 Å². The second-order valence-corrected chi connectivity index (χ2v) is 11.7. The Hall–Kier alpha value is -3.45. The summed E-state index contributed by atoms with van der Waals surface area (Å²) in [7, 11) is 0. The van der Waals surface area contributed by atoms with Gasteiger partial charge in [-0.15, -0.1) is 23.4 Å². The summed E-state index contributed by atoms with van der Waals surface area (Å²) in [5.74, 6) is -0.344. The van der Waals surface area contributed by atoms with Crippen molar-refractivity contribution in [3.63, 3.8) is 0 Å². The zero-order valence-corrected chi connectivity index (χ0v) is 23.3. The molecule has 2 aliphatic rings. The predicted molar refractivity (Wildman–Crippen MR) is 140 cm³/mol. The number of pyridine rings is 1. The first-order chi connectivity index (χ1) is 19.2. The number of hydrogen-bond acceptors (Lipinski definition) is 8. The average molecular weight is 596 g/mol. The van der Waals surface area contributed by atoms with Crippen LogP contribution in [0, 0.1) is 0 Å². The number of benzene rings is 1. The van der Waals surface area contributed by atoms with E-state index in [-0.39, 0.29) is 43.0 Å². The van der Waals surface area contributed by atoms with E-state index in [1.54, 1.807) is 45.0 Å². The molecule has 14 heteroatoms. The summed E-state index contributed by atoms with van der Waals surface area (Å²) in [6, 6.07) is 5.89. The molecule has 5 rings (SSSR count). The second kappa shape index (κ2) is 11.1. The van der Waals surface area contributed by atoms with E-state index in [4.69, 9.17) is 20.8 Å². The van der Waals surface area contributed by atoms with Crippen molar-refractivity contribution in [2.75, 3.05) is 6.54 Å². The minimum atomic E-state index is -4.70. The number of ether oxygens (including phenoxy) is 2. The maximum absolute atomic E-state index is 13.2.